The third-order valence-corrected chi connectivity index (χ3v) is 4.73. The highest BCUT2D eigenvalue weighted by atomic mass is 35.5. The van der Waals surface area contributed by atoms with Crippen molar-refractivity contribution in [3.63, 3.8) is 0 Å². The summed E-state index contributed by atoms with van der Waals surface area (Å²) in [6.07, 6.45) is 0.0670. The minimum Gasteiger partial charge on any atom is -0.326 e. The second-order valence-electron chi connectivity index (χ2n) is 6.17. The van der Waals surface area contributed by atoms with Gasteiger partial charge in [-0.05, 0) is 42.0 Å². The summed E-state index contributed by atoms with van der Waals surface area (Å²) in [4.78, 5) is 37.2. The SMILES string of the molecule is CC(=O)Nc1ccc(N2C(=O)C[C@@H](NCc3ccc(Cl)cc3Cl)C2=O)cc1. The number of halogens is 2. The van der Waals surface area contributed by atoms with E-state index in [1.807, 2.05) is 0 Å². The van der Waals surface area contributed by atoms with Crippen LogP contribution in [0, 0.1) is 0 Å². The van der Waals surface area contributed by atoms with E-state index in [1.54, 1.807) is 42.5 Å². The summed E-state index contributed by atoms with van der Waals surface area (Å²) >= 11 is 12.0. The number of hydrogen-bond acceptors (Lipinski definition) is 4. The van der Waals surface area contributed by atoms with Crippen molar-refractivity contribution in [2.45, 2.75) is 25.9 Å². The van der Waals surface area contributed by atoms with Crippen LogP contribution in [0.2, 0.25) is 10.0 Å². The van der Waals surface area contributed by atoms with Gasteiger partial charge in [0.15, 0.2) is 0 Å². The maximum Gasteiger partial charge on any atom is 0.251 e. The van der Waals surface area contributed by atoms with Gasteiger partial charge in [-0.1, -0.05) is 29.3 Å². The Balaban J connectivity index is 1.68. The number of carbonyl (C=O) groups is 3. The summed E-state index contributed by atoms with van der Waals surface area (Å²) in [6.45, 7) is 1.75. The Kier molecular flexibility index (Phi) is 5.79. The predicted molar refractivity (Wildman–Crippen MR) is 105 cm³/mol. The summed E-state index contributed by atoms with van der Waals surface area (Å²) in [5, 5.41) is 6.75. The molecule has 0 radical (unpaired) electrons. The second-order valence-corrected chi connectivity index (χ2v) is 7.01. The van der Waals surface area contributed by atoms with Gasteiger partial charge in [-0.15, -0.1) is 0 Å². The Labute approximate surface area is 166 Å². The van der Waals surface area contributed by atoms with Gasteiger partial charge in [-0.3, -0.25) is 14.4 Å². The average Bonchev–Trinajstić information content (AvgIpc) is 2.88. The van der Waals surface area contributed by atoms with E-state index < -0.39 is 6.04 Å². The minimum atomic E-state index is -0.626. The van der Waals surface area contributed by atoms with Gasteiger partial charge < -0.3 is 10.6 Å². The molecule has 1 aliphatic heterocycles. The molecule has 1 fully saturated rings. The normalized spacial score (nSPS) is 16.7. The minimum absolute atomic E-state index is 0.0670. The zero-order chi connectivity index (χ0) is 19.6. The molecule has 0 aromatic heterocycles. The first kappa shape index (κ1) is 19.4. The lowest BCUT2D eigenvalue weighted by molar-refractivity contribution is -0.121. The van der Waals surface area contributed by atoms with E-state index in [4.69, 9.17) is 23.2 Å². The highest BCUT2D eigenvalue weighted by molar-refractivity contribution is 6.35. The molecule has 140 valence electrons. The fourth-order valence-corrected chi connectivity index (χ4v) is 3.33. The number of carbonyl (C=O) groups excluding carboxylic acids is 3. The van der Waals surface area contributed by atoms with Gasteiger partial charge >= 0.3 is 0 Å². The van der Waals surface area contributed by atoms with Crippen molar-refractivity contribution < 1.29 is 14.4 Å². The number of rotatable bonds is 5. The predicted octanol–water partition coefficient (Wildman–Crippen LogP) is 3.37. The smallest absolute Gasteiger partial charge is 0.251 e. The zero-order valence-corrected chi connectivity index (χ0v) is 16.0. The Bertz CT molecular complexity index is 900. The maximum absolute atomic E-state index is 12.7. The van der Waals surface area contributed by atoms with E-state index in [0.717, 1.165) is 10.5 Å². The van der Waals surface area contributed by atoms with Crippen LogP contribution >= 0.6 is 23.2 Å². The van der Waals surface area contributed by atoms with Crippen molar-refractivity contribution >= 4 is 52.3 Å². The summed E-state index contributed by atoms with van der Waals surface area (Å²) in [5.41, 5.74) is 1.85. The molecule has 6 nitrogen and oxygen atoms in total. The van der Waals surface area contributed by atoms with Crippen molar-refractivity contribution in [1.82, 2.24) is 5.32 Å². The summed E-state index contributed by atoms with van der Waals surface area (Å²) < 4.78 is 0. The maximum atomic E-state index is 12.7. The molecule has 2 aromatic carbocycles. The monoisotopic (exact) mass is 405 g/mol. The molecule has 2 aromatic rings. The molecule has 3 amide bonds. The highest BCUT2D eigenvalue weighted by Crippen LogP contribution is 2.26. The van der Waals surface area contributed by atoms with E-state index in [-0.39, 0.29) is 24.1 Å². The zero-order valence-electron chi connectivity index (χ0n) is 14.5. The molecule has 1 atom stereocenters. The van der Waals surface area contributed by atoms with Gasteiger partial charge in [-0.2, -0.15) is 0 Å². The molecule has 1 saturated heterocycles. The largest absolute Gasteiger partial charge is 0.326 e. The van der Waals surface area contributed by atoms with Gasteiger partial charge in [0.2, 0.25) is 11.8 Å². The molecule has 1 aliphatic rings. The molecule has 27 heavy (non-hydrogen) atoms. The molecule has 0 bridgehead atoms. The quantitative estimate of drug-likeness (QED) is 0.747. The van der Waals surface area contributed by atoms with E-state index in [0.29, 0.717) is 28.0 Å². The van der Waals surface area contributed by atoms with Crippen LogP contribution in [0.25, 0.3) is 0 Å². The number of amides is 3. The molecule has 0 spiro atoms. The van der Waals surface area contributed by atoms with Crippen molar-refractivity contribution in [1.29, 1.82) is 0 Å². The van der Waals surface area contributed by atoms with Gasteiger partial charge in [0, 0.05) is 29.2 Å². The van der Waals surface area contributed by atoms with E-state index in [9.17, 15) is 14.4 Å². The number of benzene rings is 2. The van der Waals surface area contributed by atoms with E-state index in [1.165, 1.54) is 6.92 Å². The number of anilines is 2. The first-order valence-electron chi connectivity index (χ1n) is 8.27. The second kappa shape index (κ2) is 8.08. The lowest BCUT2D eigenvalue weighted by atomic mass is 10.2. The van der Waals surface area contributed by atoms with Gasteiger partial charge in [0.05, 0.1) is 18.2 Å². The van der Waals surface area contributed by atoms with Crippen LogP contribution in [-0.4, -0.2) is 23.8 Å². The molecule has 0 unspecified atom stereocenters. The summed E-state index contributed by atoms with van der Waals surface area (Å²) in [6, 6.07) is 11.0. The van der Waals surface area contributed by atoms with Gasteiger partial charge in [-0.25, -0.2) is 4.90 Å². The molecule has 0 saturated carbocycles. The first-order valence-corrected chi connectivity index (χ1v) is 9.02. The van der Waals surface area contributed by atoms with Crippen molar-refractivity contribution in [3.8, 4) is 0 Å². The number of imide groups is 1. The molecule has 8 heteroatoms. The Morgan fingerprint density at radius 2 is 1.85 bits per heavy atom. The van der Waals surface area contributed by atoms with Crippen LogP contribution in [0.3, 0.4) is 0 Å². The van der Waals surface area contributed by atoms with E-state index in [2.05, 4.69) is 10.6 Å². The molecule has 1 heterocycles. The fourth-order valence-electron chi connectivity index (χ4n) is 2.86. The van der Waals surface area contributed by atoms with Crippen molar-refractivity contribution in [2.24, 2.45) is 0 Å². The molecule has 0 aliphatic carbocycles. The Hall–Kier alpha value is -2.41. The van der Waals surface area contributed by atoms with Crippen LogP contribution in [0.15, 0.2) is 42.5 Å². The van der Waals surface area contributed by atoms with Crippen LogP contribution in [0.1, 0.15) is 18.9 Å². The first-order chi connectivity index (χ1) is 12.8. The standard InChI is InChI=1S/C19H17Cl2N3O3/c1-11(25)23-14-4-6-15(7-5-14)24-18(26)9-17(19(24)27)22-10-12-2-3-13(20)8-16(12)21/h2-8,17,22H,9-10H2,1H3,(H,23,25)/t17-/m1/s1. The molecule has 3 rings (SSSR count). The Morgan fingerprint density at radius 1 is 1.15 bits per heavy atom. The summed E-state index contributed by atoms with van der Waals surface area (Å²) in [7, 11) is 0. The van der Waals surface area contributed by atoms with E-state index >= 15 is 0 Å². The molecular formula is C19H17Cl2N3O3. The lowest BCUT2D eigenvalue weighted by Crippen LogP contribution is -2.38. The number of nitrogens with one attached hydrogen (secondary N) is 2. The number of hydrogen-bond donors (Lipinski definition) is 2. The third-order valence-electron chi connectivity index (χ3n) is 4.15. The number of nitrogens with zero attached hydrogens (tertiary/aromatic N) is 1. The van der Waals surface area contributed by atoms with Gasteiger partial charge in [0.1, 0.15) is 0 Å². The molecule has 2 N–H and O–H groups in total. The van der Waals surface area contributed by atoms with Crippen LogP contribution < -0.4 is 15.5 Å². The van der Waals surface area contributed by atoms with Crippen LogP contribution in [-0.2, 0) is 20.9 Å². The van der Waals surface area contributed by atoms with Crippen molar-refractivity contribution in [3.05, 3.63) is 58.1 Å². The summed E-state index contributed by atoms with van der Waals surface area (Å²) in [5.74, 6) is -0.800. The van der Waals surface area contributed by atoms with Crippen LogP contribution in [0.5, 0.6) is 0 Å². The lowest BCUT2D eigenvalue weighted by Gasteiger charge is -2.16. The fraction of sp³-hybridized carbons (Fsp3) is 0.211. The Morgan fingerprint density at radius 3 is 2.48 bits per heavy atom. The third kappa shape index (κ3) is 4.47. The average molecular weight is 406 g/mol. The van der Waals surface area contributed by atoms with Gasteiger partial charge in [0.25, 0.3) is 5.91 Å². The van der Waals surface area contributed by atoms with Crippen molar-refractivity contribution in [2.75, 3.05) is 10.2 Å². The molecular weight excluding hydrogens is 389 g/mol. The van der Waals surface area contributed by atoms with Crippen LogP contribution in [0.4, 0.5) is 11.4 Å². The highest BCUT2D eigenvalue weighted by Gasteiger charge is 2.39. The topological polar surface area (TPSA) is 78.5 Å².